The number of methoxy groups -OCH3 is 1. The van der Waals surface area contributed by atoms with E-state index in [4.69, 9.17) is 4.74 Å². The van der Waals surface area contributed by atoms with E-state index < -0.39 is 20.6 Å². The number of carbonyl (C=O) groups is 1. The summed E-state index contributed by atoms with van der Waals surface area (Å²) in [5, 5.41) is 7.34. The zero-order valence-corrected chi connectivity index (χ0v) is 21.2. The highest BCUT2D eigenvalue weighted by atomic mass is 32.2. The normalized spacial score (nSPS) is 13.1. The molecule has 12 heteroatoms. The fourth-order valence-electron chi connectivity index (χ4n) is 3.54. The van der Waals surface area contributed by atoms with Crippen molar-refractivity contribution in [3.05, 3.63) is 54.5 Å². The second-order valence-corrected chi connectivity index (χ2v) is 11.7. The van der Waals surface area contributed by atoms with Crippen molar-refractivity contribution in [2.75, 3.05) is 7.11 Å². The number of imidazole rings is 1. The van der Waals surface area contributed by atoms with Gasteiger partial charge in [-0.1, -0.05) is 0 Å². The van der Waals surface area contributed by atoms with Crippen LogP contribution < -0.4 is 10.1 Å². The van der Waals surface area contributed by atoms with Crippen molar-refractivity contribution in [3.8, 4) is 17.1 Å². The Morgan fingerprint density at radius 2 is 1.83 bits per heavy atom. The van der Waals surface area contributed by atoms with Crippen LogP contribution in [0.25, 0.3) is 17.0 Å². The Labute approximate surface area is 203 Å². The number of hydrogen-bond acceptors (Lipinski definition) is 8. The van der Waals surface area contributed by atoms with E-state index in [1.54, 1.807) is 75.9 Å². The average Bonchev–Trinajstić information content (AvgIpc) is 3.40. The van der Waals surface area contributed by atoms with Gasteiger partial charge >= 0.3 is 0 Å². The lowest BCUT2D eigenvalue weighted by Gasteiger charge is -2.21. The molecule has 0 bridgehead atoms. The number of pyridine rings is 1. The highest BCUT2D eigenvalue weighted by Gasteiger charge is 2.34. The molecule has 0 fully saturated rings. The Hall–Kier alpha value is -3.80. The van der Waals surface area contributed by atoms with E-state index in [0.717, 1.165) is 0 Å². The van der Waals surface area contributed by atoms with Crippen LogP contribution in [-0.4, -0.2) is 55.3 Å². The summed E-state index contributed by atoms with van der Waals surface area (Å²) in [5.74, 6) is 0.354. The first-order valence-corrected chi connectivity index (χ1v) is 12.3. The zero-order valence-electron chi connectivity index (χ0n) is 20.3. The second-order valence-electron chi connectivity index (χ2n) is 9.03. The number of hydrogen-bond donors (Lipinski definition) is 1. The predicted octanol–water partition coefficient (Wildman–Crippen LogP) is 2.60. The summed E-state index contributed by atoms with van der Waals surface area (Å²) in [5.41, 5.74) is 1.78. The molecule has 4 aromatic rings. The van der Waals surface area contributed by atoms with Crippen molar-refractivity contribution in [2.24, 2.45) is 7.05 Å². The molecule has 0 spiro atoms. The van der Waals surface area contributed by atoms with Gasteiger partial charge in [0.15, 0.2) is 9.84 Å². The molecule has 0 aliphatic carbocycles. The van der Waals surface area contributed by atoms with Gasteiger partial charge in [-0.3, -0.25) is 13.9 Å². The number of nitrogens with one attached hydrogen (secondary N) is 1. The molecule has 4 aromatic heterocycles. The molecule has 0 aliphatic heterocycles. The fraction of sp³-hybridized carbons (Fsp3) is 0.348. The van der Waals surface area contributed by atoms with Crippen LogP contribution in [0.1, 0.15) is 50.0 Å². The van der Waals surface area contributed by atoms with E-state index in [1.165, 1.54) is 18.0 Å². The Morgan fingerprint density at radius 3 is 2.46 bits per heavy atom. The molecule has 0 saturated heterocycles. The summed E-state index contributed by atoms with van der Waals surface area (Å²) in [7, 11) is -0.643. The first kappa shape index (κ1) is 24.3. The number of aryl methyl sites for hydroxylation is 1. The Morgan fingerprint density at radius 1 is 1.14 bits per heavy atom. The summed E-state index contributed by atoms with van der Waals surface area (Å²) < 4.78 is 33.8. The fourth-order valence-corrected chi connectivity index (χ4v) is 4.85. The maximum absolute atomic E-state index is 13.2. The van der Waals surface area contributed by atoms with Crippen LogP contribution in [0.4, 0.5) is 0 Å². The molecular formula is C23H27N7O4S. The van der Waals surface area contributed by atoms with Crippen LogP contribution >= 0.6 is 0 Å². The third-order valence-corrected chi connectivity index (χ3v) is 8.08. The van der Waals surface area contributed by atoms with E-state index in [1.807, 2.05) is 0 Å². The first-order chi connectivity index (χ1) is 16.4. The minimum Gasteiger partial charge on any atom is -0.495 e. The lowest BCUT2D eigenvalue weighted by atomic mass is 10.2. The molecule has 1 amide bonds. The van der Waals surface area contributed by atoms with E-state index in [2.05, 4.69) is 25.4 Å². The van der Waals surface area contributed by atoms with Crippen molar-refractivity contribution >= 4 is 21.4 Å². The van der Waals surface area contributed by atoms with Gasteiger partial charge in [-0.25, -0.2) is 23.4 Å². The molecule has 0 radical (unpaired) electrons. The topological polar surface area (TPSA) is 133 Å². The van der Waals surface area contributed by atoms with Gasteiger partial charge in [-0.2, -0.15) is 5.10 Å². The zero-order chi connectivity index (χ0) is 25.5. The van der Waals surface area contributed by atoms with E-state index in [9.17, 15) is 13.2 Å². The second kappa shape index (κ2) is 8.77. The van der Waals surface area contributed by atoms with Gasteiger partial charge in [-0.15, -0.1) is 0 Å². The van der Waals surface area contributed by atoms with Crippen LogP contribution in [0.2, 0.25) is 0 Å². The van der Waals surface area contributed by atoms with Crippen LogP contribution in [0.3, 0.4) is 0 Å². The summed E-state index contributed by atoms with van der Waals surface area (Å²) >= 11 is 0. The Balaban J connectivity index is 1.73. The number of nitrogens with zero attached hydrogens (tertiary/aromatic N) is 6. The van der Waals surface area contributed by atoms with Crippen LogP contribution in [0.15, 0.2) is 47.9 Å². The molecule has 1 N–H and O–H groups in total. The van der Waals surface area contributed by atoms with Crippen LogP contribution in [0, 0.1) is 0 Å². The van der Waals surface area contributed by atoms with Gasteiger partial charge in [-0.05, 0) is 39.8 Å². The number of rotatable bonds is 6. The number of fused-ring (bicyclic) bond motifs is 1. The summed E-state index contributed by atoms with van der Waals surface area (Å²) in [6.07, 6.45) is 6.29. The number of carbonyl (C=O) groups excluding carboxylic acids is 1. The molecule has 0 saturated carbocycles. The van der Waals surface area contributed by atoms with Gasteiger partial charge in [0.1, 0.15) is 33.5 Å². The summed E-state index contributed by atoms with van der Waals surface area (Å²) in [6, 6.07) is 4.49. The molecule has 35 heavy (non-hydrogen) atoms. The number of amides is 1. The minimum absolute atomic E-state index is 0.0461. The summed E-state index contributed by atoms with van der Waals surface area (Å²) in [4.78, 5) is 25.7. The van der Waals surface area contributed by atoms with Crippen molar-refractivity contribution in [3.63, 3.8) is 0 Å². The molecule has 0 aliphatic rings. The van der Waals surface area contributed by atoms with Gasteiger partial charge < -0.3 is 10.1 Å². The predicted molar refractivity (Wildman–Crippen MR) is 129 cm³/mol. The average molecular weight is 498 g/mol. The van der Waals surface area contributed by atoms with Crippen LogP contribution in [0.5, 0.6) is 5.75 Å². The van der Waals surface area contributed by atoms with Crippen molar-refractivity contribution in [1.29, 1.82) is 0 Å². The molecular weight excluding hydrogens is 470 g/mol. The Bertz CT molecular complexity index is 1500. The van der Waals surface area contributed by atoms with Crippen molar-refractivity contribution in [2.45, 2.75) is 43.4 Å². The van der Waals surface area contributed by atoms with Gasteiger partial charge in [0.25, 0.3) is 5.91 Å². The monoisotopic (exact) mass is 497 g/mol. The lowest BCUT2D eigenvalue weighted by Crippen LogP contribution is -2.29. The largest absolute Gasteiger partial charge is 0.495 e. The van der Waals surface area contributed by atoms with Crippen LogP contribution in [-0.2, 0) is 16.9 Å². The number of sulfone groups is 1. The third kappa shape index (κ3) is 4.36. The van der Waals surface area contributed by atoms with E-state index >= 15 is 0 Å². The quantitative estimate of drug-likeness (QED) is 0.430. The minimum atomic E-state index is -3.72. The maximum atomic E-state index is 13.2. The molecule has 1 atom stereocenters. The molecule has 0 aromatic carbocycles. The molecule has 4 rings (SSSR count). The smallest absolute Gasteiger partial charge is 0.270 e. The summed E-state index contributed by atoms with van der Waals surface area (Å²) in [6.45, 7) is 6.68. The third-order valence-electron chi connectivity index (χ3n) is 5.59. The highest BCUT2D eigenvalue weighted by Crippen LogP contribution is 2.34. The number of ether oxygens (including phenoxy) is 1. The highest BCUT2D eigenvalue weighted by molar-refractivity contribution is 7.92. The lowest BCUT2D eigenvalue weighted by molar-refractivity contribution is 0.0928. The van der Waals surface area contributed by atoms with Crippen molar-refractivity contribution < 1.29 is 17.9 Å². The molecule has 4 heterocycles. The Kier molecular flexibility index (Phi) is 6.09. The SMILES string of the molecule is COc1cc2ncc(-c3cc(C(=O)N[C@H](C)c4ncccn4)n(C)n3)n2cc1S(=O)(=O)C(C)(C)C. The molecule has 0 unspecified atom stereocenters. The maximum Gasteiger partial charge on any atom is 0.270 e. The van der Waals surface area contributed by atoms with E-state index in [0.29, 0.717) is 28.6 Å². The van der Waals surface area contributed by atoms with Crippen molar-refractivity contribution in [1.82, 2.24) is 34.4 Å². The van der Waals surface area contributed by atoms with Gasteiger partial charge in [0.2, 0.25) is 0 Å². The molecule has 11 nitrogen and oxygen atoms in total. The number of aromatic nitrogens is 6. The van der Waals surface area contributed by atoms with E-state index in [-0.39, 0.29) is 16.6 Å². The van der Waals surface area contributed by atoms with Gasteiger partial charge in [0, 0.05) is 31.7 Å². The molecule has 184 valence electrons. The standard InChI is InChI=1S/C23H27N7O4S/c1-14(21-24-8-7-9-25-21)27-22(31)16-10-15(28-29(16)5)17-12-26-20-11-18(34-6)19(13-30(17)20)35(32,33)23(2,3)4/h7-14H,1-6H3,(H,27,31)/t14-/m1/s1. The van der Waals surface area contributed by atoms with Gasteiger partial charge in [0.05, 0.1) is 29.8 Å². The first-order valence-electron chi connectivity index (χ1n) is 10.9.